The number of benzene rings is 1. The smallest absolute Gasteiger partial charge is 0.243 e. The van der Waals surface area contributed by atoms with E-state index in [1.165, 1.54) is 12.8 Å². The highest BCUT2D eigenvalue weighted by molar-refractivity contribution is 7.89. The van der Waals surface area contributed by atoms with Crippen molar-refractivity contribution < 1.29 is 13.5 Å². The zero-order valence-electron chi connectivity index (χ0n) is 16.9. The van der Waals surface area contributed by atoms with E-state index in [-0.39, 0.29) is 5.41 Å². The van der Waals surface area contributed by atoms with E-state index in [9.17, 15) is 13.5 Å². The quantitative estimate of drug-likeness (QED) is 0.856. The first kappa shape index (κ1) is 19.4. The zero-order chi connectivity index (χ0) is 19.6. The van der Waals surface area contributed by atoms with Crippen LogP contribution >= 0.6 is 0 Å². The maximum atomic E-state index is 13.1. The van der Waals surface area contributed by atoms with Crippen molar-refractivity contribution in [2.24, 2.45) is 5.41 Å². The first-order chi connectivity index (χ1) is 12.5. The average Bonchev–Trinajstić information content (AvgIpc) is 2.74. The molecule has 0 unspecified atom stereocenters. The Bertz CT molecular complexity index is 821. The van der Waals surface area contributed by atoms with Gasteiger partial charge in [0.1, 0.15) is 0 Å². The molecule has 1 aromatic carbocycles. The first-order valence-corrected chi connectivity index (χ1v) is 11.5. The summed E-state index contributed by atoms with van der Waals surface area (Å²) in [7, 11) is -3.40. The molecule has 3 aliphatic heterocycles. The van der Waals surface area contributed by atoms with Crippen LogP contribution in [0.25, 0.3) is 0 Å². The van der Waals surface area contributed by atoms with Gasteiger partial charge in [-0.05, 0) is 65.0 Å². The van der Waals surface area contributed by atoms with Crippen LogP contribution in [0.2, 0.25) is 0 Å². The Morgan fingerprint density at radius 3 is 2.26 bits per heavy atom. The minimum Gasteiger partial charge on any atom is -0.389 e. The Hall–Kier alpha value is -0.950. The molecule has 6 heteroatoms. The highest BCUT2D eigenvalue weighted by Crippen LogP contribution is 2.51. The fourth-order valence-electron chi connectivity index (χ4n) is 5.60. The molecule has 2 bridgehead atoms. The van der Waals surface area contributed by atoms with Crippen LogP contribution in [0.3, 0.4) is 0 Å². The number of rotatable bonds is 4. The van der Waals surface area contributed by atoms with Gasteiger partial charge in [-0.15, -0.1) is 0 Å². The van der Waals surface area contributed by atoms with Crippen LogP contribution in [-0.4, -0.2) is 60.0 Å². The summed E-state index contributed by atoms with van der Waals surface area (Å²) in [5.41, 5.74) is 1.37. The van der Waals surface area contributed by atoms with Crippen molar-refractivity contribution in [2.75, 3.05) is 19.6 Å². The molecule has 1 aromatic rings. The Labute approximate surface area is 163 Å². The normalized spacial score (nSPS) is 28.5. The summed E-state index contributed by atoms with van der Waals surface area (Å²) in [6, 6.07) is 6.55. The lowest BCUT2D eigenvalue weighted by Gasteiger charge is -2.56. The van der Waals surface area contributed by atoms with Crippen molar-refractivity contribution in [3.8, 4) is 0 Å². The predicted octanol–water partition coefficient (Wildman–Crippen LogP) is 2.69. The van der Waals surface area contributed by atoms with Crippen molar-refractivity contribution in [3.63, 3.8) is 0 Å². The van der Waals surface area contributed by atoms with Gasteiger partial charge in [-0.3, -0.25) is 4.90 Å². The van der Waals surface area contributed by atoms with E-state index >= 15 is 0 Å². The topological polar surface area (TPSA) is 60.9 Å². The summed E-state index contributed by atoms with van der Waals surface area (Å²) in [6.07, 6.45) is 4.45. The van der Waals surface area contributed by atoms with Gasteiger partial charge in [-0.2, -0.15) is 4.31 Å². The third-order valence-electron chi connectivity index (χ3n) is 6.65. The molecule has 3 heterocycles. The Morgan fingerprint density at radius 2 is 1.74 bits per heavy atom. The Balaban J connectivity index is 1.47. The van der Waals surface area contributed by atoms with Crippen molar-refractivity contribution in [1.82, 2.24) is 9.21 Å². The van der Waals surface area contributed by atoms with Crippen molar-refractivity contribution in [2.45, 2.75) is 76.0 Å². The van der Waals surface area contributed by atoms with E-state index in [0.717, 1.165) is 24.0 Å². The number of hydrogen-bond acceptors (Lipinski definition) is 4. The van der Waals surface area contributed by atoms with E-state index in [1.807, 2.05) is 39.8 Å². The second kappa shape index (κ2) is 6.28. The van der Waals surface area contributed by atoms with Gasteiger partial charge in [0.25, 0.3) is 0 Å². The van der Waals surface area contributed by atoms with Gasteiger partial charge in [0.15, 0.2) is 0 Å². The Kier molecular flexibility index (Phi) is 4.50. The number of piperidine rings is 1. The molecule has 2 atom stereocenters. The van der Waals surface area contributed by atoms with E-state index in [0.29, 0.717) is 36.6 Å². The fourth-order valence-corrected chi connectivity index (χ4v) is 7.47. The van der Waals surface area contributed by atoms with Gasteiger partial charge in [0, 0.05) is 37.1 Å². The first-order valence-electron chi connectivity index (χ1n) is 10.0. The van der Waals surface area contributed by atoms with Crippen molar-refractivity contribution in [3.05, 3.63) is 29.3 Å². The minimum atomic E-state index is -3.40. The summed E-state index contributed by atoms with van der Waals surface area (Å²) in [5.74, 6) is 0. The van der Waals surface area contributed by atoms with E-state index in [4.69, 9.17) is 0 Å². The lowest BCUT2D eigenvalue weighted by molar-refractivity contribution is -0.0612. The van der Waals surface area contributed by atoms with Gasteiger partial charge in [-0.25, -0.2) is 8.42 Å². The van der Waals surface area contributed by atoms with Crippen LogP contribution in [0.15, 0.2) is 23.1 Å². The molecule has 0 saturated carbocycles. The Morgan fingerprint density at radius 1 is 1.15 bits per heavy atom. The molecule has 0 radical (unpaired) electrons. The monoisotopic (exact) mass is 392 g/mol. The van der Waals surface area contributed by atoms with Crippen LogP contribution in [-0.2, 0) is 10.0 Å². The molecule has 3 fully saturated rings. The fraction of sp³-hybridized carbons (Fsp3) is 0.714. The molecule has 0 aliphatic carbocycles. The van der Waals surface area contributed by atoms with E-state index < -0.39 is 15.6 Å². The number of aliphatic hydroxyl groups is 1. The van der Waals surface area contributed by atoms with Crippen LogP contribution < -0.4 is 0 Å². The molecule has 3 aliphatic rings. The van der Waals surface area contributed by atoms with Crippen LogP contribution in [0.1, 0.15) is 50.7 Å². The number of hydrogen-bond donors (Lipinski definition) is 1. The molecule has 1 spiro atoms. The van der Waals surface area contributed by atoms with Gasteiger partial charge in [0.05, 0.1) is 10.5 Å². The average molecular weight is 393 g/mol. The summed E-state index contributed by atoms with van der Waals surface area (Å²) in [5, 5.41) is 10.2. The summed E-state index contributed by atoms with van der Waals surface area (Å²) < 4.78 is 27.8. The standard InChI is InChI=1S/C21H32N2O3S/c1-15-5-8-19(16(2)9-15)27(25,26)22-13-21(14-22)10-17-6-7-18(11-21)23(17)12-20(3,4)24/h5,8-9,17-18,24H,6-7,10-14H2,1-4H3/t17-,18+. The number of fused-ring (bicyclic) bond motifs is 2. The molecule has 0 aromatic heterocycles. The summed E-state index contributed by atoms with van der Waals surface area (Å²) in [6.45, 7) is 9.61. The number of nitrogens with zero attached hydrogens (tertiary/aromatic N) is 2. The minimum absolute atomic E-state index is 0.133. The summed E-state index contributed by atoms with van der Waals surface area (Å²) in [4.78, 5) is 2.93. The molecular weight excluding hydrogens is 360 g/mol. The van der Waals surface area contributed by atoms with Crippen LogP contribution in [0, 0.1) is 19.3 Å². The van der Waals surface area contributed by atoms with E-state index in [1.54, 1.807) is 10.4 Å². The van der Waals surface area contributed by atoms with Crippen LogP contribution in [0.5, 0.6) is 0 Å². The van der Waals surface area contributed by atoms with Crippen LogP contribution in [0.4, 0.5) is 0 Å². The summed E-state index contributed by atoms with van der Waals surface area (Å²) >= 11 is 0. The third-order valence-corrected chi connectivity index (χ3v) is 8.60. The van der Waals surface area contributed by atoms with Gasteiger partial charge in [-0.1, -0.05) is 17.7 Å². The molecule has 1 N–H and O–H groups in total. The van der Waals surface area contributed by atoms with Crippen molar-refractivity contribution in [1.29, 1.82) is 0 Å². The molecule has 27 heavy (non-hydrogen) atoms. The largest absolute Gasteiger partial charge is 0.389 e. The lowest BCUT2D eigenvalue weighted by Crippen LogP contribution is -2.64. The van der Waals surface area contributed by atoms with Gasteiger partial charge < -0.3 is 5.11 Å². The van der Waals surface area contributed by atoms with Gasteiger partial charge in [0.2, 0.25) is 10.0 Å². The molecule has 4 rings (SSSR count). The second-order valence-corrected chi connectivity index (χ2v) is 11.7. The maximum absolute atomic E-state index is 13.1. The number of aryl methyl sites for hydroxylation is 2. The molecular formula is C21H32N2O3S. The number of sulfonamides is 1. The third kappa shape index (κ3) is 3.46. The molecule has 5 nitrogen and oxygen atoms in total. The molecule has 0 amide bonds. The highest BCUT2D eigenvalue weighted by atomic mass is 32.2. The highest BCUT2D eigenvalue weighted by Gasteiger charge is 2.56. The van der Waals surface area contributed by atoms with E-state index in [2.05, 4.69) is 4.90 Å². The lowest BCUT2D eigenvalue weighted by atomic mass is 9.70. The second-order valence-electron chi connectivity index (χ2n) is 9.82. The van der Waals surface area contributed by atoms with Gasteiger partial charge >= 0.3 is 0 Å². The SMILES string of the molecule is Cc1ccc(S(=O)(=O)N2CC3(C[C@H]4CC[C@@H](C3)N4CC(C)(C)O)C2)c(C)c1. The maximum Gasteiger partial charge on any atom is 0.243 e. The molecule has 3 saturated heterocycles. The predicted molar refractivity (Wildman–Crippen MR) is 106 cm³/mol. The van der Waals surface area contributed by atoms with Crippen molar-refractivity contribution >= 4 is 10.0 Å². The molecule has 150 valence electrons. The zero-order valence-corrected chi connectivity index (χ0v) is 17.7.